The van der Waals surface area contributed by atoms with Crippen molar-refractivity contribution in [3.05, 3.63) is 54.1 Å². The summed E-state index contributed by atoms with van der Waals surface area (Å²) >= 11 is 0. The molecule has 2 aromatic rings. The maximum atomic E-state index is 5.22. The normalized spacial score (nSPS) is 11.3. The van der Waals surface area contributed by atoms with Crippen molar-refractivity contribution in [2.45, 2.75) is 20.0 Å². The summed E-state index contributed by atoms with van der Waals surface area (Å²) in [6.45, 7) is 6.91. The highest BCUT2D eigenvalue weighted by atomic mass is 28.3. The number of ether oxygens (including phenoxy) is 1. The van der Waals surface area contributed by atoms with E-state index in [1.165, 1.54) is 15.9 Å². The summed E-state index contributed by atoms with van der Waals surface area (Å²) in [5.41, 5.74) is 1.32. The summed E-state index contributed by atoms with van der Waals surface area (Å²) in [6, 6.07) is 17.4. The molecule has 0 heterocycles. The predicted octanol–water partition coefficient (Wildman–Crippen LogP) is 2.83. The molecule has 0 aliphatic carbocycles. The summed E-state index contributed by atoms with van der Waals surface area (Å²) in [4.78, 5) is 0. The van der Waals surface area contributed by atoms with Crippen LogP contribution in [0.1, 0.15) is 5.56 Å². The molecule has 0 spiro atoms. The maximum absolute atomic E-state index is 5.22. The van der Waals surface area contributed by atoms with Crippen LogP contribution in [0.15, 0.2) is 48.5 Å². The van der Waals surface area contributed by atoms with E-state index in [1.807, 2.05) is 0 Å². The molecule has 2 heteroatoms. The van der Waals surface area contributed by atoms with Gasteiger partial charge in [-0.3, -0.25) is 0 Å². The van der Waals surface area contributed by atoms with Gasteiger partial charge in [-0.15, -0.1) is 0 Å². The number of rotatable bonds is 3. The molecule has 0 bridgehead atoms. The first kappa shape index (κ1) is 12.9. The number of aryl methyl sites for hydroxylation is 1. The highest BCUT2D eigenvalue weighted by Crippen LogP contribution is 2.11. The van der Waals surface area contributed by atoms with Crippen LogP contribution in [-0.4, -0.2) is 15.2 Å². The van der Waals surface area contributed by atoms with Gasteiger partial charge in [0.2, 0.25) is 0 Å². The lowest BCUT2D eigenvalue weighted by molar-refractivity contribution is 0.415. The van der Waals surface area contributed by atoms with Gasteiger partial charge in [-0.05, 0) is 19.1 Å². The highest BCUT2D eigenvalue weighted by Gasteiger charge is 2.25. The molecule has 0 aromatic heterocycles. The van der Waals surface area contributed by atoms with Crippen LogP contribution in [0, 0.1) is 6.92 Å². The van der Waals surface area contributed by atoms with E-state index < -0.39 is 8.07 Å². The van der Waals surface area contributed by atoms with Crippen molar-refractivity contribution in [2.24, 2.45) is 0 Å². The average molecular weight is 256 g/mol. The van der Waals surface area contributed by atoms with Crippen molar-refractivity contribution in [1.82, 2.24) is 0 Å². The highest BCUT2D eigenvalue weighted by molar-refractivity contribution is 7.00. The zero-order valence-electron chi connectivity index (χ0n) is 11.5. The van der Waals surface area contributed by atoms with Crippen LogP contribution in [0.5, 0.6) is 5.75 Å². The van der Waals surface area contributed by atoms with Crippen molar-refractivity contribution < 1.29 is 4.74 Å². The van der Waals surface area contributed by atoms with Gasteiger partial charge in [-0.1, -0.05) is 65.4 Å². The van der Waals surface area contributed by atoms with Crippen LogP contribution in [0.4, 0.5) is 0 Å². The van der Waals surface area contributed by atoms with E-state index in [-0.39, 0.29) is 0 Å². The zero-order chi connectivity index (χ0) is 13.2. The van der Waals surface area contributed by atoms with Crippen LogP contribution in [0.3, 0.4) is 0 Å². The van der Waals surface area contributed by atoms with Gasteiger partial charge in [0.05, 0.1) is 7.11 Å². The summed E-state index contributed by atoms with van der Waals surface area (Å²) in [5, 5.41) is 2.91. The minimum atomic E-state index is -1.57. The number of benzene rings is 2. The van der Waals surface area contributed by atoms with Crippen LogP contribution < -0.4 is 15.1 Å². The fourth-order valence-corrected chi connectivity index (χ4v) is 4.48. The van der Waals surface area contributed by atoms with Gasteiger partial charge in [0.1, 0.15) is 13.8 Å². The van der Waals surface area contributed by atoms with E-state index in [4.69, 9.17) is 4.74 Å². The van der Waals surface area contributed by atoms with Crippen LogP contribution in [0.25, 0.3) is 0 Å². The number of hydrogen-bond donors (Lipinski definition) is 0. The predicted molar refractivity (Wildman–Crippen MR) is 80.9 cm³/mol. The van der Waals surface area contributed by atoms with Crippen molar-refractivity contribution in [3.63, 3.8) is 0 Å². The van der Waals surface area contributed by atoms with Gasteiger partial charge < -0.3 is 4.74 Å². The fraction of sp³-hybridized carbons (Fsp3) is 0.250. The Morgan fingerprint density at radius 3 is 1.67 bits per heavy atom. The third-order valence-electron chi connectivity index (χ3n) is 3.58. The summed E-state index contributed by atoms with van der Waals surface area (Å²) < 4.78 is 5.22. The molecule has 0 saturated heterocycles. The van der Waals surface area contributed by atoms with E-state index in [0.717, 1.165) is 5.75 Å². The van der Waals surface area contributed by atoms with E-state index in [0.29, 0.717) is 0 Å². The molecule has 18 heavy (non-hydrogen) atoms. The molecule has 0 aliphatic heterocycles. The molecule has 94 valence electrons. The molecule has 2 aromatic carbocycles. The Kier molecular flexibility index (Phi) is 3.57. The number of hydrogen-bond acceptors (Lipinski definition) is 1. The molecule has 0 amide bonds. The fourth-order valence-electron chi connectivity index (χ4n) is 2.14. The second-order valence-corrected chi connectivity index (χ2v) is 9.62. The topological polar surface area (TPSA) is 9.23 Å². The lowest BCUT2D eigenvalue weighted by Gasteiger charge is -2.24. The van der Waals surface area contributed by atoms with Crippen LogP contribution in [0.2, 0.25) is 13.1 Å². The average Bonchev–Trinajstić information content (AvgIpc) is 2.39. The van der Waals surface area contributed by atoms with Crippen LogP contribution >= 0.6 is 0 Å². The standard InChI is InChI=1S/C16H20OSi/c1-13-5-9-15(10-6-13)18(3,4)16-11-7-14(17-2)8-12-16/h5-12H,1-4H3. The number of methoxy groups -OCH3 is 1. The molecule has 0 N–H and O–H groups in total. The van der Waals surface area contributed by atoms with Crippen molar-refractivity contribution in [2.75, 3.05) is 7.11 Å². The molecule has 0 radical (unpaired) electrons. The molecule has 1 nitrogen and oxygen atoms in total. The molecule has 2 rings (SSSR count). The quantitative estimate of drug-likeness (QED) is 0.767. The van der Waals surface area contributed by atoms with Crippen molar-refractivity contribution in [1.29, 1.82) is 0 Å². The van der Waals surface area contributed by atoms with Gasteiger partial charge >= 0.3 is 0 Å². The third kappa shape index (κ3) is 2.49. The van der Waals surface area contributed by atoms with Crippen molar-refractivity contribution in [3.8, 4) is 5.75 Å². The second kappa shape index (κ2) is 4.98. The molecular weight excluding hydrogens is 236 g/mol. The van der Waals surface area contributed by atoms with Crippen molar-refractivity contribution >= 4 is 18.4 Å². The van der Waals surface area contributed by atoms with E-state index in [2.05, 4.69) is 68.5 Å². The smallest absolute Gasteiger partial charge is 0.118 e. The molecule has 0 atom stereocenters. The largest absolute Gasteiger partial charge is 0.497 e. The first-order valence-electron chi connectivity index (χ1n) is 6.26. The summed E-state index contributed by atoms with van der Waals surface area (Å²) in [7, 11) is 0.136. The molecule has 0 aliphatic rings. The molecule has 0 saturated carbocycles. The SMILES string of the molecule is COc1ccc([Si](C)(C)c2ccc(C)cc2)cc1. The third-order valence-corrected chi connectivity index (χ3v) is 7.14. The molecule has 0 fully saturated rings. The minimum absolute atomic E-state index is 0.924. The van der Waals surface area contributed by atoms with Gasteiger partial charge in [-0.2, -0.15) is 0 Å². The van der Waals surface area contributed by atoms with E-state index >= 15 is 0 Å². The van der Waals surface area contributed by atoms with E-state index in [1.54, 1.807) is 7.11 Å². The summed E-state index contributed by atoms with van der Waals surface area (Å²) in [6.07, 6.45) is 0. The Hall–Kier alpha value is -1.54. The van der Waals surface area contributed by atoms with E-state index in [9.17, 15) is 0 Å². The molecular formula is C16H20OSi. The Labute approximate surface area is 110 Å². The summed E-state index contributed by atoms with van der Waals surface area (Å²) in [5.74, 6) is 0.924. The maximum Gasteiger partial charge on any atom is 0.118 e. The molecule has 0 unspecified atom stereocenters. The minimum Gasteiger partial charge on any atom is -0.497 e. The zero-order valence-corrected chi connectivity index (χ0v) is 12.5. The lowest BCUT2D eigenvalue weighted by atomic mass is 10.2. The first-order chi connectivity index (χ1) is 8.54. The first-order valence-corrected chi connectivity index (χ1v) is 9.26. The monoisotopic (exact) mass is 256 g/mol. The lowest BCUT2D eigenvalue weighted by Crippen LogP contribution is -2.52. The van der Waals surface area contributed by atoms with Gasteiger partial charge in [0.15, 0.2) is 0 Å². The Morgan fingerprint density at radius 1 is 0.778 bits per heavy atom. The Balaban J connectivity index is 2.37. The van der Waals surface area contributed by atoms with Gasteiger partial charge in [-0.25, -0.2) is 0 Å². The Morgan fingerprint density at radius 2 is 1.22 bits per heavy atom. The second-order valence-electron chi connectivity index (χ2n) is 5.22. The Bertz CT molecular complexity index is 512. The van der Waals surface area contributed by atoms with Gasteiger partial charge in [0, 0.05) is 0 Å². The van der Waals surface area contributed by atoms with Crippen LogP contribution in [-0.2, 0) is 0 Å². The van der Waals surface area contributed by atoms with Gasteiger partial charge in [0.25, 0.3) is 0 Å².